The lowest BCUT2D eigenvalue weighted by molar-refractivity contribution is 0.0531. The van der Waals surface area contributed by atoms with Crippen LogP contribution < -0.4 is 4.90 Å². The molecule has 2 aliphatic rings. The first-order valence-electron chi connectivity index (χ1n) is 8.38. The van der Waals surface area contributed by atoms with Gasteiger partial charge in [0.05, 0.1) is 11.8 Å². The average Bonchev–Trinajstić information content (AvgIpc) is 3.27. The second-order valence-electron chi connectivity index (χ2n) is 6.37. The molecule has 1 unspecified atom stereocenters. The summed E-state index contributed by atoms with van der Waals surface area (Å²) >= 11 is 8.00. The van der Waals surface area contributed by atoms with E-state index < -0.39 is 0 Å². The quantitative estimate of drug-likeness (QED) is 0.792. The van der Waals surface area contributed by atoms with Crippen LogP contribution in [0.1, 0.15) is 25.7 Å². The maximum atomic E-state index is 6.28. The van der Waals surface area contributed by atoms with Crippen molar-refractivity contribution in [3.63, 3.8) is 0 Å². The van der Waals surface area contributed by atoms with E-state index in [1.54, 1.807) is 11.3 Å². The van der Waals surface area contributed by atoms with Crippen LogP contribution in [0, 0.1) is 5.92 Å². The molecule has 0 saturated carbocycles. The Balaban J connectivity index is 1.43. The summed E-state index contributed by atoms with van der Waals surface area (Å²) in [5, 5.41) is 4.00. The molecule has 3 heterocycles. The summed E-state index contributed by atoms with van der Waals surface area (Å²) in [6.45, 7) is 3.12. The van der Waals surface area contributed by atoms with E-state index in [1.807, 2.05) is 24.3 Å². The third kappa shape index (κ3) is 3.25. The molecule has 1 aromatic carbocycles. The van der Waals surface area contributed by atoms with Crippen LogP contribution in [0.3, 0.4) is 0 Å². The standard InChI is InChI=1S/C18H21ClN2OS/c19-15-5-2-1-4-14(15)16-12-23-18(20-16)21-9-7-13(8-10-21)17-6-3-11-22-17/h1-2,4-5,12-13,17H,3,6-11H2. The number of thiazole rings is 1. The normalized spacial score (nSPS) is 22.7. The van der Waals surface area contributed by atoms with Crippen LogP contribution in [-0.2, 0) is 4.74 Å². The van der Waals surface area contributed by atoms with Crippen LogP contribution in [0.4, 0.5) is 5.13 Å². The Bertz CT molecular complexity index is 661. The first kappa shape index (κ1) is 15.4. The lowest BCUT2D eigenvalue weighted by Gasteiger charge is -2.34. The summed E-state index contributed by atoms with van der Waals surface area (Å²) in [4.78, 5) is 7.23. The van der Waals surface area contributed by atoms with Gasteiger partial charge in [0.15, 0.2) is 5.13 Å². The van der Waals surface area contributed by atoms with Crippen molar-refractivity contribution in [2.24, 2.45) is 5.92 Å². The minimum Gasteiger partial charge on any atom is -0.378 e. The Morgan fingerprint density at radius 3 is 2.74 bits per heavy atom. The van der Waals surface area contributed by atoms with Gasteiger partial charge in [0.25, 0.3) is 0 Å². The van der Waals surface area contributed by atoms with Gasteiger partial charge < -0.3 is 9.64 Å². The van der Waals surface area contributed by atoms with Crippen molar-refractivity contribution in [3.8, 4) is 11.3 Å². The smallest absolute Gasteiger partial charge is 0.185 e. The fourth-order valence-electron chi connectivity index (χ4n) is 3.64. The van der Waals surface area contributed by atoms with Crippen molar-refractivity contribution in [1.82, 2.24) is 4.98 Å². The molecule has 2 fully saturated rings. The Morgan fingerprint density at radius 1 is 1.17 bits per heavy atom. The average molecular weight is 349 g/mol. The van der Waals surface area contributed by atoms with Crippen LogP contribution in [0.2, 0.25) is 5.02 Å². The van der Waals surface area contributed by atoms with Gasteiger partial charge in [0.1, 0.15) is 0 Å². The van der Waals surface area contributed by atoms with Crippen molar-refractivity contribution < 1.29 is 4.74 Å². The van der Waals surface area contributed by atoms with E-state index >= 15 is 0 Å². The summed E-state index contributed by atoms with van der Waals surface area (Å²) in [5.41, 5.74) is 2.00. The Labute approximate surface area is 146 Å². The highest BCUT2D eigenvalue weighted by atomic mass is 35.5. The number of halogens is 1. The third-order valence-corrected chi connectivity index (χ3v) is 6.17. The monoisotopic (exact) mass is 348 g/mol. The molecular weight excluding hydrogens is 328 g/mol. The van der Waals surface area contributed by atoms with Gasteiger partial charge in [0.2, 0.25) is 0 Å². The fourth-order valence-corrected chi connectivity index (χ4v) is 4.75. The van der Waals surface area contributed by atoms with Gasteiger partial charge in [-0.25, -0.2) is 4.98 Å². The molecule has 23 heavy (non-hydrogen) atoms. The number of aromatic nitrogens is 1. The molecule has 0 N–H and O–H groups in total. The highest BCUT2D eigenvalue weighted by Crippen LogP contribution is 2.35. The number of ether oxygens (including phenoxy) is 1. The Kier molecular flexibility index (Phi) is 4.56. The van der Waals surface area contributed by atoms with Crippen molar-refractivity contribution in [2.75, 3.05) is 24.6 Å². The molecule has 1 aromatic heterocycles. The van der Waals surface area contributed by atoms with Gasteiger partial charge in [-0.2, -0.15) is 0 Å². The highest BCUT2D eigenvalue weighted by molar-refractivity contribution is 7.14. The zero-order valence-corrected chi connectivity index (χ0v) is 14.7. The van der Waals surface area contributed by atoms with Crippen molar-refractivity contribution >= 4 is 28.1 Å². The largest absolute Gasteiger partial charge is 0.378 e. The second kappa shape index (κ2) is 6.80. The van der Waals surface area contributed by atoms with E-state index in [9.17, 15) is 0 Å². The molecule has 0 spiro atoms. The van der Waals surface area contributed by atoms with Crippen LogP contribution in [0.15, 0.2) is 29.6 Å². The van der Waals surface area contributed by atoms with Gasteiger partial charge in [0, 0.05) is 35.7 Å². The van der Waals surface area contributed by atoms with E-state index in [1.165, 1.54) is 25.7 Å². The van der Waals surface area contributed by atoms with Crippen LogP contribution in [0.5, 0.6) is 0 Å². The number of piperidine rings is 1. The SMILES string of the molecule is Clc1ccccc1-c1csc(N2CCC(C3CCCO3)CC2)n1. The van der Waals surface area contributed by atoms with Crippen LogP contribution in [-0.4, -0.2) is 30.8 Å². The summed E-state index contributed by atoms with van der Waals surface area (Å²) in [7, 11) is 0. The number of nitrogens with zero attached hydrogens (tertiary/aromatic N) is 2. The lowest BCUT2D eigenvalue weighted by atomic mass is 9.90. The van der Waals surface area contributed by atoms with E-state index in [0.717, 1.165) is 47.0 Å². The van der Waals surface area contributed by atoms with Crippen LogP contribution in [0.25, 0.3) is 11.3 Å². The molecule has 2 aromatic rings. The summed E-state index contributed by atoms with van der Waals surface area (Å²) < 4.78 is 5.86. The number of hydrogen-bond acceptors (Lipinski definition) is 4. The Hall–Kier alpha value is -1.10. The number of rotatable bonds is 3. The second-order valence-corrected chi connectivity index (χ2v) is 7.61. The lowest BCUT2D eigenvalue weighted by Crippen LogP contribution is -2.37. The molecule has 2 saturated heterocycles. The molecular formula is C18H21ClN2OS. The van der Waals surface area contributed by atoms with E-state index in [4.69, 9.17) is 21.3 Å². The summed E-state index contributed by atoms with van der Waals surface area (Å²) in [6, 6.07) is 7.91. The molecule has 0 amide bonds. The number of hydrogen-bond donors (Lipinski definition) is 0. The zero-order valence-electron chi connectivity index (χ0n) is 13.1. The van der Waals surface area contributed by atoms with Gasteiger partial charge in [-0.05, 0) is 37.7 Å². The van der Waals surface area contributed by atoms with Gasteiger partial charge in [-0.15, -0.1) is 11.3 Å². The third-order valence-electron chi connectivity index (χ3n) is 4.94. The maximum Gasteiger partial charge on any atom is 0.185 e. The van der Waals surface area contributed by atoms with Gasteiger partial charge in [-0.1, -0.05) is 29.8 Å². The molecule has 0 radical (unpaired) electrons. The first-order chi connectivity index (χ1) is 11.3. The topological polar surface area (TPSA) is 25.4 Å². The number of benzene rings is 1. The predicted octanol–water partition coefficient (Wildman–Crippen LogP) is 4.86. The fraction of sp³-hybridized carbons (Fsp3) is 0.500. The van der Waals surface area contributed by atoms with Gasteiger partial charge in [-0.3, -0.25) is 0 Å². The van der Waals surface area contributed by atoms with E-state index in [0.29, 0.717) is 6.10 Å². The van der Waals surface area contributed by atoms with E-state index in [-0.39, 0.29) is 0 Å². The summed E-state index contributed by atoms with van der Waals surface area (Å²) in [6.07, 6.45) is 5.42. The van der Waals surface area contributed by atoms with Crippen molar-refractivity contribution in [1.29, 1.82) is 0 Å². The first-order valence-corrected chi connectivity index (χ1v) is 9.64. The van der Waals surface area contributed by atoms with Crippen molar-refractivity contribution in [2.45, 2.75) is 31.8 Å². The highest BCUT2D eigenvalue weighted by Gasteiger charge is 2.30. The molecule has 4 rings (SSSR count). The number of anilines is 1. The molecule has 5 heteroatoms. The van der Waals surface area contributed by atoms with Crippen molar-refractivity contribution in [3.05, 3.63) is 34.7 Å². The van der Waals surface area contributed by atoms with E-state index in [2.05, 4.69) is 10.3 Å². The molecule has 3 nitrogen and oxygen atoms in total. The Morgan fingerprint density at radius 2 is 2.00 bits per heavy atom. The molecule has 122 valence electrons. The zero-order chi connectivity index (χ0) is 15.6. The molecule has 2 aliphatic heterocycles. The molecule has 0 bridgehead atoms. The maximum absolute atomic E-state index is 6.28. The molecule has 1 atom stereocenters. The minimum absolute atomic E-state index is 0.507. The summed E-state index contributed by atoms with van der Waals surface area (Å²) in [5.74, 6) is 0.733. The predicted molar refractivity (Wildman–Crippen MR) is 96.5 cm³/mol. The van der Waals surface area contributed by atoms with Crippen LogP contribution >= 0.6 is 22.9 Å². The molecule has 0 aliphatic carbocycles. The minimum atomic E-state index is 0.507. The van der Waals surface area contributed by atoms with Gasteiger partial charge >= 0.3 is 0 Å².